The van der Waals surface area contributed by atoms with Gasteiger partial charge in [-0.1, -0.05) is 79.7 Å². The lowest BCUT2D eigenvalue weighted by Gasteiger charge is -2.31. The number of hydrogen-bond acceptors (Lipinski definition) is 1. The van der Waals surface area contributed by atoms with Crippen molar-refractivity contribution < 1.29 is 5.11 Å². The minimum Gasteiger partial charge on any atom is -0.855 e. The first-order valence-corrected chi connectivity index (χ1v) is 13.0. The highest BCUT2D eigenvalue weighted by Gasteiger charge is 2.51. The van der Waals surface area contributed by atoms with Crippen LogP contribution in [-0.4, -0.2) is 6.61 Å². The molecule has 4 aromatic carbocycles. The van der Waals surface area contributed by atoms with Gasteiger partial charge in [0.2, 0.25) is 0 Å². The molecule has 0 amide bonds. The van der Waals surface area contributed by atoms with Crippen molar-refractivity contribution in [1.82, 2.24) is 0 Å². The first-order chi connectivity index (χ1) is 15.5. The van der Waals surface area contributed by atoms with Crippen molar-refractivity contribution in [2.45, 2.75) is 34.6 Å². The Hall–Kier alpha value is -2.73. The average Bonchev–Trinajstić information content (AvgIpc) is 2.79. The van der Waals surface area contributed by atoms with E-state index in [4.69, 9.17) is 5.11 Å². The van der Waals surface area contributed by atoms with Gasteiger partial charge in [0.1, 0.15) is 28.5 Å². The molecule has 0 unspecified atom stereocenters. The maximum atomic E-state index is 8.93. The maximum absolute atomic E-state index is 8.93. The molecule has 0 radical (unpaired) electrons. The van der Waals surface area contributed by atoms with E-state index in [2.05, 4.69) is 125 Å². The number of rotatable bonds is 4. The molecule has 0 spiro atoms. The van der Waals surface area contributed by atoms with Crippen LogP contribution in [0.25, 0.3) is 0 Å². The molecule has 0 saturated heterocycles. The zero-order valence-electron chi connectivity index (χ0n) is 19.8. The summed E-state index contributed by atoms with van der Waals surface area (Å²) < 4.78 is 0. The third kappa shape index (κ3) is 4.42. The predicted octanol–water partition coefficient (Wildman–Crippen LogP) is 4.91. The van der Waals surface area contributed by atoms with Gasteiger partial charge < -0.3 is 5.11 Å². The van der Waals surface area contributed by atoms with Gasteiger partial charge in [0, 0.05) is 0 Å². The zero-order valence-corrected chi connectivity index (χ0v) is 20.7. The van der Waals surface area contributed by atoms with E-state index >= 15 is 0 Å². The molecule has 0 aliphatic rings. The van der Waals surface area contributed by atoms with Gasteiger partial charge in [-0.2, -0.15) is 0 Å². The Morgan fingerprint density at radius 3 is 0.844 bits per heavy atom. The van der Waals surface area contributed by atoms with Crippen LogP contribution in [0.5, 0.6) is 0 Å². The van der Waals surface area contributed by atoms with E-state index in [1.165, 1.54) is 43.5 Å². The van der Waals surface area contributed by atoms with Crippen LogP contribution in [0.15, 0.2) is 97.1 Å². The molecule has 0 aliphatic carbocycles. The Morgan fingerprint density at radius 2 is 0.656 bits per heavy atom. The molecule has 4 rings (SSSR count). The Balaban J connectivity index is 0.000000913. The molecule has 0 saturated carbocycles. The highest BCUT2D eigenvalue weighted by Crippen LogP contribution is 2.56. The summed E-state index contributed by atoms with van der Waals surface area (Å²) in [5.41, 5.74) is 5.43. The van der Waals surface area contributed by atoms with Crippen molar-refractivity contribution in [2.75, 3.05) is 6.61 Å². The van der Waals surface area contributed by atoms with Crippen LogP contribution >= 0.6 is 7.26 Å². The number of aryl methyl sites for hydroxylation is 4. The number of hydrogen-bond donors (Lipinski definition) is 0. The van der Waals surface area contributed by atoms with Gasteiger partial charge in [0.15, 0.2) is 0 Å². The second-order valence-electron chi connectivity index (χ2n) is 8.11. The molecule has 2 heteroatoms. The minimum atomic E-state index is -2.06. The normalized spacial score (nSPS) is 10.9. The molecule has 0 N–H and O–H groups in total. The van der Waals surface area contributed by atoms with Crippen molar-refractivity contribution in [1.29, 1.82) is 0 Å². The molecule has 0 bridgehead atoms. The topological polar surface area (TPSA) is 23.1 Å². The lowest BCUT2D eigenvalue weighted by molar-refractivity contribution is -0.361. The van der Waals surface area contributed by atoms with E-state index in [-0.39, 0.29) is 6.61 Å². The van der Waals surface area contributed by atoms with Crippen LogP contribution in [0.1, 0.15) is 29.2 Å². The van der Waals surface area contributed by atoms with Crippen LogP contribution in [0.4, 0.5) is 0 Å². The molecule has 0 atom stereocenters. The smallest absolute Gasteiger partial charge is 0.145 e. The average molecular weight is 441 g/mol. The Bertz CT molecular complexity index is 991. The lowest BCUT2D eigenvalue weighted by atomic mass is 10.2. The molecule has 0 aliphatic heterocycles. The quantitative estimate of drug-likeness (QED) is 0.414. The van der Waals surface area contributed by atoms with Gasteiger partial charge in [-0.05, 0) is 74.2 Å². The summed E-state index contributed by atoms with van der Waals surface area (Å²) in [7, 11) is -2.06. The SMILES string of the molecule is CC[O-].Cc1ccccc1[P+](c1ccccc1C)(c1ccccc1C)c1ccccc1C. The van der Waals surface area contributed by atoms with E-state index in [1.807, 2.05) is 0 Å². The summed E-state index contributed by atoms with van der Waals surface area (Å²) in [5.74, 6) is 0. The first-order valence-electron chi connectivity index (χ1n) is 11.2. The van der Waals surface area contributed by atoms with Crippen molar-refractivity contribution in [3.63, 3.8) is 0 Å². The highest BCUT2D eigenvalue weighted by molar-refractivity contribution is 8.01. The van der Waals surface area contributed by atoms with Crippen molar-refractivity contribution in [3.8, 4) is 0 Å². The van der Waals surface area contributed by atoms with Gasteiger partial charge in [0.05, 0.1) is 0 Å². The van der Waals surface area contributed by atoms with Crippen LogP contribution in [0.2, 0.25) is 0 Å². The molecule has 0 fully saturated rings. The summed E-state index contributed by atoms with van der Waals surface area (Å²) in [4.78, 5) is 0. The predicted molar refractivity (Wildman–Crippen MR) is 141 cm³/mol. The van der Waals surface area contributed by atoms with Crippen LogP contribution in [0, 0.1) is 27.7 Å². The molecule has 32 heavy (non-hydrogen) atoms. The van der Waals surface area contributed by atoms with Gasteiger partial charge in [-0.3, -0.25) is 0 Å². The van der Waals surface area contributed by atoms with E-state index in [0.29, 0.717) is 0 Å². The molecular weight excluding hydrogens is 407 g/mol. The second-order valence-corrected chi connectivity index (χ2v) is 11.4. The molecule has 0 aromatic heterocycles. The van der Waals surface area contributed by atoms with Crippen LogP contribution < -0.4 is 26.3 Å². The Morgan fingerprint density at radius 1 is 0.469 bits per heavy atom. The molecule has 164 valence electrons. The monoisotopic (exact) mass is 440 g/mol. The summed E-state index contributed by atoms with van der Waals surface area (Å²) in [6.45, 7) is 10.6. The van der Waals surface area contributed by atoms with Crippen molar-refractivity contribution in [3.05, 3.63) is 119 Å². The lowest BCUT2D eigenvalue weighted by Crippen LogP contribution is -2.42. The number of benzene rings is 4. The van der Waals surface area contributed by atoms with Crippen molar-refractivity contribution >= 4 is 28.5 Å². The molecule has 0 heterocycles. The third-order valence-corrected chi connectivity index (χ3v) is 10.8. The second kappa shape index (κ2) is 10.7. The zero-order chi connectivity index (χ0) is 23.1. The maximum Gasteiger partial charge on any atom is 0.145 e. The molecule has 1 nitrogen and oxygen atoms in total. The Kier molecular flexibility index (Phi) is 8.02. The van der Waals surface area contributed by atoms with Gasteiger partial charge in [0.25, 0.3) is 0 Å². The van der Waals surface area contributed by atoms with Gasteiger partial charge in [-0.15, -0.1) is 6.61 Å². The van der Waals surface area contributed by atoms with E-state index in [0.717, 1.165) is 0 Å². The fourth-order valence-corrected chi connectivity index (χ4v) is 9.75. The van der Waals surface area contributed by atoms with Gasteiger partial charge in [-0.25, -0.2) is 0 Å². The summed E-state index contributed by atoms with van der Waals surface area (Å²) in [5, 5.41) is 14.8. The summed E-state index contributed by atoms with van der Waals surface area (Å²) >= 11 is 0. The Labute approximate surface area is 194 Å². The van der Waals surface area contributed by atoms with Crippen molar-refractivity contribution in [2.24, 2.45) is 0 Å². The highest BCUT2D eigenvalue weighted by atomic mass is 31.2. The standard InChI is InChI=1S/C28H28P.C2H5O/c1-21-13-5-9-17-25(21)29(26-18-10-6-14-22(26)2,27-19-11-7-15-23(27)3)28-20-12-8-16-24(28)4;1-2-3/h5-20H,1-4H3;2H2,1H3/q+1;-1. The minimum absolute atomic E-state index is 0. The summed E-state index contributed by atoms with van der Waals surface area (Å²) in [6, 6.07) is 35.9. The van der Waals surface area contributed by atoms with Crippen LogP contribution in [0.3, 0.4) is 0 Å². The molecular formula is C30H33OP. The third-order valence-electron chi connectivity index (χ3n) is 5.91. The summed E-state index contributed by atoms with van der Waals surface area (Å²) in [6.07, 6.45) is 0. The van der Waals surface area contributed by atoms with E-state index < -0.39 is 7.26 Å². The fraction of sp³-hybridized carbons (Fsp3) is 0.200. The first kappa shape index (κ1) is 23.9. The van der Waals surface area contributed by atoms with E-state index in [9.17, 15) is 0 Å². The van der Waals surface area contributed by atoms with Crippen LogP contribution in [-0.2, 0) is 0 Å². The van der Waals surface area contributed by atoms with Gasteiger partial charge >= 0.3 is 0 Å². The fourth-order valence-electron chi connectivity index (χ4n) is 4.54. The van der Waals surface area contributed by atoms with E-state index in [1.54, 1.807) is 6.92 Å². The molecule has 4 aromatic rings. The largest absolute Gasteiger partial charge is 0.855 e.